The summed E-state index contributed by atoms with van der Waals surface area (Å²) in [4.78, 5) is 12.8. The minimum atomic E-state index is 0.0777. The third kappa shape index (κ3) is 4.70. The minimum absolute atomic E-state index is 0.0777. The zero-order chi connectivity index (χ0) is 12.8. The van der Waals surface area contributed by atoms with Crippen LogP contribution in [0.3, 0.4) is 0 Å². The Morgan fingerprint density at radius 3 is 2.67 bits per heavy atom. The maximum absolute atomic E-state index is 11.5. The zero-order valence-electron chi connectivity index (χ0n) is 10.7. The summed E-state index contributed by atoms with van der Waals surface area (Å²) in [6.45, 7) is 3.20. The Bertz CT molecular complexity index is 387. The summed E-state index contributed by atoms with van der Waals surface area (Å²) in [7, 11) is 0. The van der Waals surface area contributed by atoms with Gasteiger partial charge in [0.2, 0.25) is 5.91 Å². The Morgan fingerprint density at radius 1 is 1.33 bits per heavy atom. The number of benzene rings is 1. The molecule has 1 aromatic rings. The van der Waals surface area contributed by atoms with Crippen molar-refractivity contribution in [3.05, 3.63) is 29.8 Å². The first-order valence-electron chi connectivity index (χ1n) is 6.49. The number of hydrogen-bond donors (Lipinski definition) is 2. The molecule has 3 nitrogen and oxygen atoms in total. The molecule has 1 fully saturated rings. The lowest BCUT2D eigenvalue weighted by Crippen LogP contribution is -2.34. The maximum Gasteiger partial charge on any atom is 0.234 e. The third-order valence-corrected chi connectivity index (χ3v) is 3.75. The standard InChI is InChI=1S/C14H20N2OS/c1-2-18-13-7-3-11(4-8-13)9-16-14(17)10-15-12-5-6-12/h3-4,7-8,12,15H,2,5-6,9-10H2,1H3,(H,16,17). The van der Waals surface area contributed by atoms with E-state index in [-0.39, 0.29) is 5.91 Å². The van der Waals surface area contributed by atoms with Gasteiger partial charge >= 0.3 is 0 Å². The molecule has 4 heteroatoms. The molecular weight excluding hydrogens is 244 g/mol. The Labute approximate surface area is 113 Å². The smallest absolute Gasteiger partial charge is 0.234 e. The van der Waals surface area contributed by atoms with Gasteiger partial charge in [-0.3, -0.25) is 4.79 Å². The van der Waals surface area contributed by atoms with Crippen LogP contribution in [0.4, 0.5) is 0 Å². The number of nitrogens with one attached hydrogen (secondary N) is 2. The number of carbonyl (C=O) groups excluding carboxylic acids is 1. The van der Waals surface area contributed by atoms with E-state index in [1.807, 2.05) is 11.8 Å². The van der Waals surface area contributed by atoms with Crippen LogP contribution >= 0.6 is 11.8 Å². The van der Waals surface area contributed by atoms with E-state index in [2.05, 4.69) is 41.8 Å². The number of thioether (sulfide) groups is 1. The topological polar surface area (TPSA) is 41.1 Å². The molecule has 2 rings (SSSR count). The number of rotatable bonds is 7. The van der Waals surface area contributed by atoms with Gasteiger partial charge in [0.05, 0.1) is 6.54 Å². The fourth-order valence-electron chi connectivity index (χ4n) is 1.66. The van der Waals surface area contributed by atoms with Crippen LogP contribution in [0.5, 0.6) is 0 Å². The van der Waals surface area contributed by atoms with Crippen molar-refractivity contribution in [2.45, 2.75) is 37.2 Å². The quantitative estimate of drug-likeness (QED) is 0.742. The highest BCUT2D eigenvalue weighted by atomic mass is 32.2. The lowest BCUT2D eigenvalue weighted by atomic mass is 10.2. The maximum atomic E-state index is 11.5. The van der Waals surface area contributed by atoms with Crippen molar-refractivity contribution in [2.24, 2.45) is 0 Å². The molecule has 18 heavy (non-hydrogen) atoms. The first-order valence-corrected chi connectivity index (χ1v) is 7.48. The van der Waals surface area contributed by atoms with Crippen molar-refractivity contribution in [3.63, 3.8) is 0 Å². The predicted octanol–water partition coefficient (Wildman–Crippen LogP) is 2.17. The summed E-state index contributed by atoms with van der Waals surface area (Å²) in [6, 6.07) is 8.95. The second kappa shape index (κ2) is 6.81. The normalized spacial score (nSPS) is 14.5. The molecule has 0 aromatic heterocycles. The molecule has 0 heterocycles. The van der Waals surface area contributed by atoms with Gasteiger partial charge in [-0.1, -0.05) is 19.1 Å². The van der Waals surface area contributed by atoms with Crippen LogP contribution in [-0.2, 0) is 11.3 Å². The SMILES string of the molecule is CCSc1ccc(CNC(=O)CNC2CC2)cc1. The van der Waals surface area contributed by atoms with Gasteiger partial charge in [0.25, 0.3) is 0 Å². The van der Waals surface area contributed by atoms with Crippen molar-refractivity contribution in [1.82, 2.24) is 10.6 Å². The first-order chi connectivity index (χ1) is 8.78. The van der Waals surface area contributed by atoms with Gasteiger partial charge in [-0.05, 0) is 36.3 Å². The summed E-state index contributed by atoms with van der Waals surface area (Å²) in [5.74, 6) is 1.16. The highest BCUT2D eigenvalue weighted by Gasteiger charge is 2.20. The van der Waals surface area contributed by atoms with Gasteiger partial charge in [-0.25, -0.2) is 0 Å². The molecule has 1 saturated carbocycles. The van der Waals surface area contributed by atoms with Gasteiger partial charge in [-0.15, -0.1) is 11.8 Å². The lowest BCUT2D eigenvalue weighted by Gasteiger charge is -2.07. The molecule has 0 unspecified atom stereocenters. The van der Waals surface area contributed by atoms with Crippen LogP contribution in [0.2, 0.25) is 0 Å². The van der Waals surface area contributed by atoms with Gasteiger partial charge in [-0.2, -0.15) is 0 Å². The fourth-order valence-corrected chi connectivity index (χ4v) is 2.32. The van der Waals surface area contributed by atoms with Crippen LogP contribution < -0.4 is 10.6 Å². The van der Waals surface area contributed by atoms with Crippen LogP contribution in [-0.4, -0.2) is 24.2 Å². The van der Waals surface area contributed by atoms with E-state index in [4.69, 9.17) is 0 Å². The summed E-state index contributed by atoms with van der Waals surface area (Å²) < 4.78 is 0. The van der Waals surface area contributed by atoms with E-state index in [1.54, 1.807) is 0 Å². The molecular formula is C14H20N2OS. The van der Waals surface area contributed by atoms with Crippen LogP contribution in [0.25, 0.3) is 0 Å². The summed E-state index contributed by atoms with van der Waals surface area (Å²) >= 11 is 1.83. The largest absolute Gasteiger partial charge is 0.351 e. The van der Waals surface area contributed by atoms with Crippen LogP contribution in [0.1, 0.15) is 25.3 Å². The average Bonchev–Trinajstić information content (AvgIpc) is 3.20. The van der Waals surface area contributed by atoms with Gasteiger partial charge in [0.15, 0.2) is 0 Å². The summed E-state index contributed by atoms with van der Waals surface area (Å²) in [6.07, 6.45) is 2.42. The monoisotopic (exact) mass is 264 g/mol. The number of hydrogen-bond acceptors (Lipinski definition) is 3. The van der Waals surface area contributed by atoms with E-state index in [9.17, 15) is 4.79 Å². The van der Waals surface area contributed by atoms with E-state index in [0.29, 0.717) is 19.1 Å². The van der Waals surface area contributed by atoms with E-state index in [0.717, 1.165) is 11.3 Å². The van der Waals surface area contributed by atoms with Crippen molar-refractivity contribution < 1.29 is 4.79 Å². The Morgan fingerprint density at radius 2 is 2.06 bits per heavy atom. The Balaban J connectivity index is 1.69. The Hall–Kier alpha value is -1.00. The summed E-state index contributed by atoms with van der Waals surface area (Å²) in [5.41, 5.74) is 1.15. The molecule has 1 aliphatic carbocycles. The van der Waals surface area contributed by atoms with E-state index >= 15 is 0 Å². The third-order valence-electron chi connectivity index (χ3n) is 2.85. The van der Waals surface area contributed by atoms with Gasteiger partial charge < -0.3 is 10.6 Å². The highest BCUT2D eigenvalue weighted by molar-refractivity contribution is 7.99. The molecule has 0 spiro atoms. The summed E-state index contributed by atoms with van der Waals surface area (Å²) in [5, 5.41) is 6.13. The second-order valence-corrected chi connectivity index (χ2v) is 5.85. The zero-order valence-corrected chi connectivity index (χ0v) is 11.6. The van der Waals surface area contributed by atoms with E-state index < -0.39 is 0 Å². The molecule has 1 aromatic carbocycles. The van der Waals surface area contributed by atoms with Crippen LogP contribution in [0.15, 0.2) is 29.2 Å². The molecule has 0 aliphatic heterocycles. The number of amides is 1. The Kier molecular flexibility index (Phi) is 5.08. The second-order valence-electron chi connectivity index (χ2n) is 4.51. The minimum Gasteiger partial charge on any atom is -0.351 e. The number of carbonyl (C=O) groups is 1. The molecule has 0 radical (unpaired) electrons. The van der Waals surface area contributed by atoms with Crippen molar-refractivity contribution in [2.75, 3.05) is 12.3 Å². The van der Waals surface area contributed by atoms with Crippen molar-refractivity contribution >= 4 is 17.7 Å². The predicted molar refractivity (Wildman–Crippen MR) is 75.7 cm³/mol. The van der Waals surface area contributed by atoms with Crippen molar-refractivity contribution in [1.29, 1.82) is 0 Å². The molecule has 2 N–H and O–H groups in total. The molecule has 0 atom stereocenters. The molecule has 0 bridgehead atoms. The molecule has 1 amide bonds. The van der Waals surface area contributed by atoms with Crippen molar-refractivity contribution in [3.8, 4) is 0 Å². The highest BCUT2D eigenvalue weighted by Crippen LogP contribution is 2.18. The van der Waals surface area contributed by atoms with E-state index in [1.165, 1.54) is 17.7 Å². The molecule has 1 aliphatic rings. The van der Waals surface area contributed by atoms with Gasteiger partial charge in [0, 0.05) is 17.5 Å². The molecule has 0 saturated heterocycles. The first kappa shape index (κ1) is 13.4. The average molecular weight is 264 g/mol. The molecule has 98 valence electrons. The van der Waals surface area contributed by atoms with Gasteiger partial charge in [0.1, 0.15) is 0 Å². The fraction of sp³-hybridized carbons (Fsp3) is 0.500. The lowest BCUT2D eigenvalue weighted by molar-refractivity contribution is -0.120. The van der Waals surface area contributed by atoms with Crippen LogP contribution in [0, 0.1) is 0 Å².